The molecule has 1 aromatic heterocycles. The van der Waals surface area contributed by atoms with Gasteiger partial charge in [0.05, 0.1) is 5.56 Å². The summed E-state index contributed by atoms with van der Waals surface area (Å²) >= 11 is 0. The summed E-state index contributed by atoms with van der Waals surface area (Å²) in [7, 11) is 0. The monoisotopic (exact) mass is 395 g/mol. The van der Waals surface area contributed by atoms with Gasteiger partial charge in [-0.15, -0.1) is 0 Å². The van der Waals surface area contributed by atoms with Crippen LogP contribution in [-0.2, 0) is 6.54 Å². The average molecular weight is 395 g/mol. The Bertz CT molecular complexity index is 725. The van der Waals surface area contributed by atoms with E-state index < -0.39 is 0 Å². The summed E-state index contributed by atoms with van der Waals surface area (Å²) in [6.07, 6.45) is 5.63. The fourth-order valence-electron chi connectivity index (χ4n) is 2.15. The first-order valence-electron chi connectivity index (χ1n) is 6.44. The van der Waals surface area contributed by atoms with Gasteiger partial charge in [-0.05, 0) is 31.2 Å². The number of rotatable bonds is 2. The summed E-state index contributed by atoms with van der Waals surface area (Å²) in [4.78, 5) is 12.2. The van der Waals surface area contributed by atoms with Gasteiger partial charge in [-0.1, -0.05) is 0 Å². The van der Waals surface area contributed by atoms with E-state index in [0.717, 1.165) is 12.1 Å². The molecular weight excluding hydrogens is 381 g/mol. The van der Waals surface area contributed by atoms with Crippen molar-refractivity contribution in [1.82, 2.24) is 0 Å². The summed E-state index contributed by atoms with van der Waals surface area (Å²) in [5.74, 6) is 0.605. The van der Waals surface area contributed by atoms with Gasteiger partial charge in [-0.25, -0.2) is 4.57 Å². The van der Waals surface area contributed by atoms with Crippen molar-refractivity contribution in [2.24, 2.45) is 0 Å². The van der Waals surface area contributed by atoms with Crippen molar-refractivity contribution < 1.29 is 43.2 Å². The molecule has 0 atom stereocenters. The predicted octanol–water partition coefficient (Wildman–Crippen LogP) is -0.680. The Kier molecular flexibility index (Phi) is 4.62. The zero-order valence-corrected chi connectivity index (χ0v) is 13.6. The van der Waals surface area contributed by atoms with Gasteiger partial charge in [0.15, 0.2) is 18.2 Å². The van der Waals surface area contributed by atoms with Crippen LogP contribution in [0.3, 0.4) is 0 Å². The van der Waals surface area contributed by atoms with E-state index in [1.54, 1.807) is 12.1 Å². The Morgan fingerprint density at radius 3 is 2.90 bits per heavy atom. The van der Waals surface area contributed by atoms with E-state index in [9.17, 15) is 9.90 Å². The minimum Gasteiger partial charge on any atom is -1.00 e. The SMILES string of the molecule is CC[n+]1cccc(C=C2Oc3cc(O)ccc3C2=O)c1.[I-]. The molecule has 1 N–H and O–H groups in total. The topological polar surface area (TPSA) is 50.4 Å². The zero-order chi connectivity index (χ0) is 14.1. The molecule has 0 saturated heterocycles. The number of carbonyl (C=O) groups is 1. The highest BCUT2D eigenvalue weighted by atomic mass is 127. The standard InChI is InChI=1S/C16H13NO3.HI/c1-2-17-7-3-4-11(10-17)8-15-16(19)13-6-5-12(18)9-14(13)20-15;/h3-10H,2H2,1H3;1H. The summed E-state index contributed by atoms with van der Waals surface area (Å²) < 4.78 is 7.54. The van der Waals surface area contributed by atoms with Crippen LogP contribution in [0.25, 0.3) is 6.08 Å². The molecule has 0 radical (unpaired) electrons. The zero-order valence-electron chi connectivity index (χ0n) is 11.4. The quantitative estimate of drug-likeness (QED) is 0.417. The van der Waals surface area contributed by atoms with Crippen molar-refractivity contribution in [3.63, 3.8) is 0 Å². The molecule has 0 unspecified atom stereocenters. The summed E-state index contributed by atoms with van der Waals surface area (Å²) in [5, 5.41) is 9.41. The Hall–Kier alpha value is -1.89. The first-order chi connectivity index (χ1) is 9.67. The van der Waals surface area contributed by atoms with Gasteiger partial charge in [0.1, 0.15) is 18.0 Å². The first kappa shape index (κ1) is 15.5. The average Bonchev–Trinajstić information content (AvgIpc) is 2.75. The molecule has 21 heavy (non-hydrogen) atoms. The maximum absolute atomic E-state index is 12.2. The number of ketones is 1. The Labute approximate surface area is 139 Å². The molecule has 5 heteroatoms. The number of hydrogen-bond donors (Lipinski definition) is 1. The molecule has 1 aliphatic heterocycles. The summed E-state index contributed by atoms with van der Waals surface area (Å²) in [6, 6.07) is 8.34. The Morgan fingerprint density at radius 1 is 1.33 bits per heavy atom. The van der Waals surface area contributed by atoms with Crippen LogP contribution >= 0.6 is 0 Å². The van der Waals surface area contributed by atoms with E-state index in [2.05, 4.69) is 0 Å². The number of carbonyl (C=O) groups excluding carboxylic acids is 1. The number of phenolic OH excluding ortho intramolecular Hbond substituents is 1. The number of phenols is 1. The Balaban J connectivity index is 0.00000161. The fourth-order valence-corrected chi connectivity index (χ4v) is 2.15. The normalized spacial score (nSPS) is 14.5. The number of ether oxygens (including phenoxy) is 1. The number of hydrogen-bond acceptors (Lipinski definition) is 3. The number of pyridine rings is 1. The van der Waals surface area contributed by atoms with Crippen LogP contribution in [-0.4, -0.2) is 10.9 Å². The van der Waals surface area contributed by atoms with Gasteiger partial charge in [0.25, 0.3) is 0 Å². The van der Waals surface area contributed by atoms with E-state index in [-0.39, 0.29) is 41.3 Å². The fraction of sp³-hybridized carbons (Fsp3) is 0.125. The summed E-state index contributed by atoms with van der Waals surface area (Å²) in [5.41, 5.74) is 1.38. The van der Waals surface area contributed by atoms with Crippen molar-refractivity contribution in [2.75, 3.05) is 0 Å². The Morgan fingerprint density at radius 2 is 2.14 bits per heavy atom. The highest BCUT2D eigenvalue weighted by Gasteiger charge is 2.27. The molecule has 0 aliphatic carbocycles. The lowest BCUT2D eigenvalue weighted by molar-refractivity contribution is -0.693. The van der Waals surface area contributed by atoms with Crippen LogP contribution in [0.1, 0.15) is 22.8 Å². The molecule has 108 valence electrons. The van der Waals surface area contributed by atoms with Crippen LogP contribution in [0.2, 0.25) is 0 Å². The van der Waals surface area contributed by atoms with Gasteiger partial charge in [0.2, 0.25) is 5.78 Å². The van der Waals surface area contributed by atoms with Gasteiger partial charge in [-0.2, -0.15) is 0 Å². The van der Waals surface area contributed by atoms with Crippen molar-refractivity contribution in [1.29, 1.82) is 0 Å². The van der Waals surface area contributed by atoms with Crippen molar-refractivity contribution in [3.8, 4) is 11.5 Å². The number of Topliss-reactive ketones (excluding diaryl/α,β-unsaturated/α-hetero) is 1. The highest BCUT2D eigenvalue weighted by molar-refractivity contribution is 6.14. The number of halogens is 1. The van der Waals surface area contributed by atoms with Crippen LogP contribution in [0, 0.1) is 0 Å². The van der Waals surface area contributed by atoms with E-state index in [4.69, 9.17) is 4.74 Å². The van der Waals surface area contributed by atoms with Crippen molar-refractivity contribution >= 4 is 11.9 Å². The highest BCUT2D eigenvalue weighted by Crippen LogP contribution is 2.34. The minimum atomic E-state index is -0.160. The van der Waals surface area contributed by atoms with Gasteiger partial charge in [-0.3, -0.25) is 4.79 Å². The molecule has 0 spiro atoms. The second-order valence-electron chi connectivity index (χ2n) is 4.59. The van der Waals surface area contributed by atoms with Gasteiger partial charge < -0.3 is 33.8 Å². The number of allylic oxidation sites excluding steroid dienone is 1. The number of aromatic hydroxyl groups is 1. The molecule has 1 aliphatic rings. The number of fused-ring (bicyclic) bond motifs is 1. The lowest BCUT2D eigenvalue weighted by Crippen LogP contribution is -3.00. The smallest absolute Gasteiger partial charge is 0.231 e. The summed E-state index contributed by atoms with van der Waals surface area (Å²) in [6.45, 7) is 2.91. The van der Waals surface area contributed by atoms with Crippen LogP contribution in [0.4, 0.5) is 0 Å². The van der Waals surface area contributed by atoms with Crippen LogP contribution < -0.4 is 33.3 Å². The molecule has 0 bridgehead atoms. The number of aromatic nitrogens is 1. The first-order valence-corrected chi connectivity index (χ1v) is 6.44. The van der Waals surface area contributed by atoms with Gasteiger partial charge >= 0.3 is 0 Å². The minimum absolute atomic E-state index is 0. The maximum Gasteiger partial charge on any atom is 0.231 e. The third kappa shape index (κ3) is 3.07. The molecule has 1 aromatic carbocycles. The number of benzene rings is 1. The molecule has 2 aromatic rings. The van der Waals surface area contributed by atoms with Crippen molar-refractivity contribution in [3.05, 3.63) is 59.6 Å². The number of nitrogens with zero attached hydrogens (tertiary/aromatic N) is 1. The molecule has 0 saturated carbocycles. The maximum atomic E-state index is 12.2. The van der Waals surface area contributed by atoms with Gasteiger partial charge in [0, 0.05) is 17.7 Å². The van der Waals surface area contributed by atoms with E-state index in [0.29, 0.717) is 11.3 Å². The molecule has 0 fully saturated rings. The molecule has 4 nitrogen and oxygen atoms in total. The third-order valence-corrected chi connectivity index (χ3v) is 3.20. The van der Waals surface area contributed by atoms with E-state index in [1.807, 2.05) is 36.0 Å². The van der Waals surface area contributed by atoms with Crippen LogP contribution in [0.5, 0.6) is 11.5 Å². The van der Waals surface area contributed by atoms with E-state index >= 15 is 0 Å². The molecule has 3 rings (SSSR count). The molecular formula is C16H14INO3. The predicted molar refractivity (Wildman–Crippen MR) is 73.4 cm³/mol. The number of aryl methyl sites for hydroxylation is 1. The lowest BCUT2D eigenvalue weighted by Gasteiger charge is -1.98. The molecule has 0 amide bonds. The largest absolute Gasteiger partial charge is 1.00 e. The second-order valence-corrected chi connectivity index (χ2v) is 4.59. The molecule has 2 heterocycles. The van der Waals surface area contributed by atoms with Crippen molar-refractivity contribution in [2.45, 2.75) is 13.5 Å². The second kappa shape index (κ2) is 6.26. The lowest BCUT2D eigenvalue weighted by atomic mass is 10.1. The third-order valence-electron chi connectivity index (χ3n) is 3.20. The van der Waals surface area contributed by atoms with E-state index in [1.165, 1.54) is 12.1 Å². The van der Waals surface area contributed by atoms with Crippen LogP contribution in [0.15, 0.2) is 48.5 Å².